The molecule has 3 nitrogen and oxygen atoms in total. The molecule has 1 heterocycles. The summed E-state index contributed by atoms with van der Waals surface area (Å²) >= 11 is 0. The quantitative estimate of drug-likeness (QED) is 0.686. The van der Waals surface area contributed by atoms with Gasteiger partial charge in [-0.15, -0.1) is 0 Å². The van der Waals surface area contributed by atoms with Crippen LogP contribution in [0.3, 0.4) is 0 Å². The third-order valence-electron chi connectivity index (χ3n) is 3.43. The Kier molecular flexibility index (Phi) is 2.54. The molecule has 3 unspecified atom stereocenters. The van der Waals surface area contributed by atoms with Gasteiger partial charge < -0.3 is 10.6 Å². The van der Waals surface area contributed by atoms with Crippen molar-refractivity contribution in [1.29, 1.82) is 0 Å². The molecular formula is C10H19N3. The summed E-state index contributed by atoms with van der Waals surface area (Å²) in [5.41, 5.74) is 5.57. The monoisotopic (exact) mass is 181 g/mol. The molecule has 0 bridgehead atoms. The summed E-state index contributed by atoms with van der Waals surface area (Å²) in [4.78, 5) is 6.80. The summed E-state index contributed by atoms with van der Waals surface area (Å²) in [7, 11) is 2.14. The van der Waals surface area contributed by atoms with E-state index in [4.69, 9.17) is 5.73 Å². The molecule has 0 amide bonds. The highest BCUT2D eigenvalue weighted by Crippen LogP contribution is 2.32. The minimum absolute atomic E-state index is 0.565. The number of rotatable bonds is 2. The molecule has 1 aliphatic carbocycles. The zero-order chi connectivity index (χ0) is 9.26. The Labute approximate surface area is 80.0 Å². The van der Waals surface area contributed by atoms with Crippen molar-refractivity contribution in [2.24, 2.45) is 16.6 Å². The first-order chi connectivity index (χ1) is 6.31. The molecule has 1 aliphatic heterocycles. The lowest BCUT2D eigenvalue weighted by molar-refractivity contribution is 0.220. The lowest BCUT2D eigenvalue weighted by Gasteiger charge is -2.33. The van der Waals surface area contributed by atoms with Gasteiger partial charge in [0, 0.05) is 7.05 Å². The van der Waals surface area contributed by atoms with Crippen molar-refractivity contribution in [3.63, 3.8) is 0 Å². The van der Waals surface area contributed by atoms with Gasteiger partial charge in [0.15, 0.2) is 0 Å². The summed E-state index contributed by atoms with van der Waals surface area (Å²) in [6, 6.07) is 1.25. The van der Waals surface area contributed by atoms with Gasteiger partial charge in [0.1, 0.15) is 0 Å². The largest absolute Gasteiger partial charge is 0.361 e. The van der Waals surface area contributed by atoms with Crippen molar-refractivity contribution in [3.8, 4) is 0 Å². The Morgan fingerprint density at radius 3 is 3.15 bits per heavy atom. The minimum Gasteiger partial charge on any atom is -0.361 e. The van der Waals surface area contributed by atoms with Crippen LogP contribution < -0.4 is 5.73 Å². The molecule has 1 saturated carbocycles. The van der Waals surface area contributed by atoms with Gasteiger partial charge in [-0.2, -0.15) is 0 Å². The van der Waals surface area contributed by atoms with Gasteiger partial charge in [0.25, 0.3) is 0 Å². The third-order valence-corrected chi connectivity index (χ3v) is 3.43. The number of nitrogens with two attached hydrogens (primary N) is 1. The molecule has 0 aromatic carbocycles. The molecule has 1 fully saturated rings. The highest BCUT2D eigenvalue weighted by molar-refractivity contribution is 5.58. The predicted molar refractivity (Wildman–Crippen MR) is 54.8 cm³/mol. The number of hydrogen-bond donors (Lipinski definition) is 1. The molecule has 2 rings (SSSR count). The summed E-state index contributed by atoms with van der Waals surface area (Å²) in [6.45, 7) is 0.835. The summed E-state index contributed by atoms with van der Waals surface area (Å²) in [6.07, 6.45) is 7.07. The Balaban J connectivity index is 1.91. The van der Waals surface area contributed by atoms with Crippen molar-refractivity contribution in [1.82, 2.24) is 4.90 Å². The number of fused-ring (bicyclic) bond motifs is 1. The molecule has 0 radical (unpaired) electrons. The van der Waals surface area contributed by atoms with Crippen LogP contribution in [0.1, 0.15) is 25.7 Å². The van der Waals surface area contributed by atoms with E-state index in [-0.39, 0.29) is 0 Å². The van der Waals surface area contributed by atoms with E-state index in [0.717, 1.165) is 12.5 Å². The van der Waals surface area contributed by atoms with Gasteiger partial charge in [-0.05, 0) is 38.1 Å². The SMILES string of the molecule is CN1C=NC2CC(CCN)CCC21. The maximum Gasteiger partial charge on any atom is 0.0854 e. The van der Waals surface area contributed by atoms with Crippen molar-refractivity contribution in [2.45, 2.75) is 37.8 Å². The Bertz CT molecular complexity index is 202. The van der Waals surface area contributed by atoms with Crippen LogP contribution >= 0.6 is 0 Å². The molecule has 2 N–H and O–H groups in total. The van der Waals surface area contributed by atoms with E-state index in [2.05, 4.69) is 16.9 Å². The zero-order valence-corrected chi connectivity index (χ0v) is 8.32. The lowest BCUT2D eigenvalue weighted by atomic mass is 9.81. The zero-order valence-electron chi connectivity index (χ0n) is 8.32. The van der Waals surface area contributed by atoms with E-state index in [1.165, 1.54) is 25.7 Å². The molecule has 74 valence electrons. The molecule has 0 spiro atoms. The second-order valence-corrected chi connectivity index (χ2v) is 4.32. The molecule has 3 atom stereocenters. The standard InChI is InChI=1S/C10H19N3/c1-13-7-12-9-6-8(4-5-11)2-3-10(9)13/h7-10H,2-6,11H2,1H3. The average Bonchev–Trinajstić information content (AvgIpc) is 2.48. The summed E-state index contributed by atoms with van der Waals surface area (Å²) < 4.78 is 0. The fraction of sp³-hybridized carbons (Fsp3) is 0.900. The van der Waals surface area contributed by atoms with Gasteiger partial charge in [-0.1, -0.05) is 0 Å². The predicted octanol–water partition coefficient (Wildman–Crippen LogP) is 0.846. The second kappa shape index (κ2) is 3.66. The number of hydrogen-bond acceptors (Lipinski definition) is 3. The van der Waals surface area contributed by atoms with E-state index < -0.39 is 0 Å². The van der Waals surface area contributed by atoms with E-state index in [1.807, 2.05) is 6.34 Å². The van der Waals surface area contributed by atoms with Crippen LogP contribution in [0.5, 0.6) is 0 Å². The molecule has 0 aromatic heterocycles. The first-order valence-electron chi connectivity index (χ1n) is 5.26. The van der Waals surface area contributed by atoms with Crippen LogP contribution in [0.25, 0.3) is 0 Å². The Hall–Kier alpha value is -0.570. The van der Waals surface area contributed by atoms with Crippen LogP contribution in [-0.4, -0.2) is 36.9 Å². The van der Waals surface area contributed by atoms with Gasteiger partial charge in [-0.25, -0.2) is 0 Å². The van der Waals surface area contributed by atoms with E-state index in [1.54, 1.807) is 0 Å². The number of likely N-dealkylation sites (N-methyl/N-ethyl adjacent to an activating group) is 1. The number of nitrogens with zero attached hydrogens (tertiary/aromatic N) is 2. The van der Waals surface area contributed by atoms with Gasteiger partial charge >= 0.3 is 0 Å². The molecule has 0 aromatic rings. The topological polar surface area (TPSA) is 41.6 Å². The maximum atomic E-state index is 5.57. The fourth-order valence-electron chi connectivity index (χ4n) is 2.62. The molecule has 3 heteroatoms. The first kappa shape index (κ1) is 9.00. The average molecular weight is 181 g/mol. The minimum atomic E-state index is 0.565. The third kappa shape index (κ3) is 1.70. The van der Waals surface area contributed by atoms with E-state index in [9.17, 15) is 0 Å². The van der Waals surface area contributed by atoms with Crippen LogP contribution in [-0.2, 0) is 0 Å². The Morgan fingerprint density at radius 1 is 1.54 bits per heavy atom. The smallest absolute Gasteiger partial charge is 0.0854 e. The van der Waals surface area contributed by atoms with Crippen molar-refractivity contribution < 1.29 is 0 Å². The normalized spacial score (nSPS) is 38.0. The second-order valence-electron chi connectivity index (χ2n) is 4.32. The van der Waals surface area contributed by atoms with Gasteiger partial charge in [0.05, 0.1) is 18.4 Å². The summed E-state index contributed by atoms with van der Waals surface area (Å²) in [5, 5.41) is 0. The van der Waals surface area contributed by atoms with Crippen molar-refractivity contribution in [3.05, 3.63) is 0 Å². The molecule has 2 aliphatic rings. The van der Waals surface area contributed by atoms with Crippen LogP contribution in [0.4, 0.5) is 0 Å². The van der Waals surface area contributed by atoms with Crippen LogP contribution in [0.15, 0.2) is 4.99 Å². The van der Waals surface area contributed by atoms with E-state index >= 15 is 0 Å². The van der Waals surface area contributed by atoms with Crippen molar-refractivity contribution in [2.75, 3.05) is 13.6 Å². The lowest BCUT2D eigenvalue weighted by Crippen LogP contribution is -2.38. The van der Waals surface area contributed by atoms with Crippen molar-refractivity contribution >= 4 is 6.34 Å². The molecule has 13 heavy (non-hydrogen) atoms. The van der Waals surface area contributed by atoms with Crippen LogP contribution in [0, 0.1) is 5.92 Å². The van der Waals surface area contributed by atoms with Gasteiger partial charge in [0.2, 0.25) is 0 Å². The molecule has 0 saturated heterocycles. The van der Waals surface area contributed by atoms with Crippen LogP contribution in [0.2, 0.25) is 0 Å². The first-order valence-corrected chi connectivity index (χ1v) is 5.26. The molecular weight excluding hydrogens is 162 g/mol. The highest BCUT2D eigenvalue weighted by atomic mass is 15.2. The number of aliphatic imine (C=N–C) groups is 1. The maximum absolute atomic E-state index is 5.57. The Morgan fingerprint density at radius 2 is 2.38 bits per heavy atom. The summed E-state index contributed by atoms with van der Waals surface area (Å²) in [5.74, 6) is 0.829. The van der Waals surface area contributed by atoms with Gasteiger partial charge in [-0.3, -0.25) is 4.99 Å². The fourth-order valence-corrected chi connectivity index (χ4v) is 2.62. The van der Waals surface area contributed by atoms with E-state index in [0.29, 0.717) is 12.1 Å². The highest BCUT2D eigenvalue weighted by Gasteiger charge is 2.34.